The Bertz CT molecular complexity index is 1410. The predicted molar refractivity (Wildman–Crippen MR) is 135 cm³/mol. The molecule has 6 rings (SSSR count). The number of carboxylic acid groups (broad SMARTS) is 1. The molecular formula is C25H23N3O7S2. The Morgan fingerprint density at radius 1 is 1.16 bits per heavy atom. The van der Waals surface area contributed by atoms with E-state index in [0.717, 1.165) is 16.2 Å². The summed E-state index contributed by atoms with van der Waals surface area (Å²) < 4.78 is 18.2. The molecule has 1 saturated heterocycles. The Kier molecular flexibility index (Phi) is 6.41. The SMILES string of the molecule is O=C(O)OCCOC1c2cc(=O)ccn2N([C@H]2c3ccccc3CSc3ccsc32)[C@@H]2COCC(=O)N12. The third-order valence-electron chi connectivity index (χ3n) is 6.58. The van der Waals surface area contributed by atoms with E-state index in [0.29, 0.717) is 5.69 Å². The lowest BCUT2D eigenvalue weighted by atomic mass is 9.98. The van der Waals surface area contributed by atoms with Crippen molar-refractivity contribution in [3.8, 4) is 0 Å². The predicted octanol–water partition coefficient (Wildman–Crippen LogP) is 3.15. The van der Waals surface area contributed by atoms with Gasteiger partial charge >= 0.3 is 6.16 Å². The van der Waals surface area contributed by atoms with Gasteiger partial charge < -0.3 is 19.3 Å². The number of ether oxygens (including phenoxy) is 3. The van der Waals surface area contributed by atoms with Crippen LogP contribution in [-0.4, -0.2) is 59.3 Å². The maximum Gasteiger partial charge on any atom is 0.505 e. The van der Waals surface area contributed by atoms with Gasteiger partial charge in [-0.1, -0.05) is 24.3 Å². The van der Waals surface area contributed by atoms with E-state index in [-0.39, 0.29) is 43.8 Å². The third-order valence-corrected chi connectivity index (χ3v) is 8.80. The minimum atomic E-state index is -1.41. The molecule has 10 nitrogen and oxygen atoms in total. The number of amides is 1. The Morgan fingerprint density at radius 2 is 2.03 bits per heavy atom. The summed E-state index contributed by atoms with van der Waals surface area (Å²) >= 11 is 3.44. The summed E-state index contributed by atoms with van der Waals surface area (Å²) in [7, 11) is 0. The lowest BCUT2D eigenvalue weighted by molar-refractivity contribution is -0.182. The minimum absolute atomic E-state index is 0.0879. The first-order chi connectivity index (χ1) is 18.0. The fraction of sp³-hybridized carbons (Fsp3) is 0.320. The zero-order chi connectivity index (χ0) is 25.5. The Morgan fingerprint density at radius 3 is 2.89 bits per heavy atom. The summed E-state index contributed by atoms with van der Waals surface area (Å²) in [4.78, 5) is 40.5. The summed E-state index contributed by atoms with van der Waals surface area (Å²) in [6.45, 7) is -0.180. The van der Waals surface area contributed by atoms with Crippen molar-refractivity contribution < 1.29 is 28.9 Å². The molecule has 0 aliphatic carbocycles. The molecule has 0 radical (unpaired) electrons. The smallest absolute Gasteiger partial charge is 0.450 e. The molecule has 192 valence electrons. The van der Waals surface area contributed by atoms with E-state index in [1.165, 1.54) is 22.6 Å². The second-order valence-corrected chi connectivity index (χ2v) is 10.7. The van der Waals surface area contributed by atoms with Gasteiger partial charge in [0.2, 0.25) is 0 Å². The lowest BCUT2D eigenvalue weighted by Crippen LogP contribution is -2.67. The van der Waals surface area contributed by atoms with E-state index in [1.807, 2.05) is 16.8 Å². The number of pyridine rings is 1. The molecular weight excluding hydrogens is 518 g/mol. The quantitative estimate of drug-likeness (QED) is 0.385. The van der Waals surface area contributed by atoms with E-state index >= 15 is 0 Å². The normalized spacial score (nSPS) is 22.4. The van der Waals surface area contributed by atoms with Crippen LogP contribution < -0.4 is 10.4 Å². The number of hydrogen-bond donors (Lipinski definition) is 1. The highest BCUT2D eigenvalue weighted by molar-refractivity contribution is 7.98. The number of fused-ring (bicyclic) bond motifs is 4. The molecule has 0 bridgehead atoms. The van der Waals surface area contributed by atoms with Crippen LogP contribution in [0.5, 0.6) is 0 Å². The molecule has 3 aliphatic rings. The average Bonchev–Trinajstić information content (AvgIpc) is 3.29. The van der Waals surface area contributed by atoms with E-state index in [1.54, 1.807) is 34.2 Å². The maximum absolute atomic E-state index is 13.3. The zero-order valence-electron chi connectivity index (χ0n) is 19.5. The highest BCUT2D eigenvalue weighted by atomic mass is 32.2. The fourth-order valence-electron chi connectivity index (χ4n) is 5.10. The summed E-state index contributed by atoms with van der Waals surface area (Å²) in [5, 5.41) is 13.0. The number of morpholine rings is 1. The van der Waals surface area contributed by atoms with Crippen molar-refractivity contribution in [3.63, 3.8) is 0 Å². The standard InChI is InChI=1S/C25H23N3O7S2/c29-16-5-7-26-18(11-16)24(34-8-9-35-25(31)32)27-20(12-33-13-21(27)30)28(26)22-17-4-2-1-3-15(17)14-37-19-6-10-36-23(19)22/h1-7,10-11,20,22,24H,8-9,12-14H2,(H,31,32)/t20-,22+,24?/m1/s1. The van der Waals surface area contributed by atoms with Gasteiger partial charge in [-0.2, -0.15) is 0 Å². The first kappa shape index (κ1) is 24.0. The fourth-order valence-corrected chi connectivity index (χ4v) is 7.40. The van der Waals surface area contributed by atoms with Crippen LogP contribution in [-0.2, 0) is 24.8 Å². The first-order valence-corrected chi connectivity index (χ1v) is 13.5. The molecule has 1 N–H and O–H groups in total. The highest BCUT2D eigenvalue weighted by Gasteiger charge is 2.48. The number of thiophene rings is 1. The molecule has 1 aromatic carbocycles. The van der Waals surface area contributed by atoms with Gasteiger partial charge in [0.15, 0.2) is 11.7 Å². The number of rotatable bonds is 5. The number of thioether (sulfide) groups is 1. The van der Waals surface area contributed by atoms with Crippen LogP contribution in [0.2, 0.25) is 0 Å². The number of benzene rings is 1. The minimum Gasteiger partial charge on any atom is -0.450 e. The second-order valence-electron chi connectivity index (χ2n) is 8.69. The van der Waals surface area contributed by atoms with Gasteiger partial charge in [-0.3, -0.25) is 24.2 Å². The molecule has 3 atom stereocenters. The molecule has 1 fully saturated rings. The van der Waals surface area contributed by atoms with Crippen molar-refractivity contribution >= 4 is 35.2 Å². The highest BCUT2D eigenvalue weighted by Crippen LogP contribution is 2.47. The molecule has 12 heteroatoms. The topological polar surface area (TPSA) is 111 Å². The van der Waals surface area contributed by atoms with Gasteiger partial charge in [-0.05, 0) is 22.6 Å². The summed E-state index contributed by atoms with van der Waals surface area (Å²) in [6.07, 6.45) is -1.17. The van der Waals surface area contributed by atoms with Gasteiger partial charge in [-0.25, -0.2) is 4.79 Å². The number of nitrogens with zero attached hydrogens (tertiary/aromatic N) is 3. The van der Waals surface area contributed by atoms with E-state index in [4.69, 9.17) is 14.6 Å². The van der Waals surface area contributed by atoms with Crippen LogP contribution in [0.15, 0.2) is 63.7 Å². The summed E-state index contributed by atoms with van der Waals surface area (Å²) in [5.41, 5.74) is 2.56. The second kappa shape index (κ2) is 9.86. The first-order valence-electron chi connectivity index (χ1n) is 11.7. The number of carbonyl (C=O) groups excluding carboxylic acids is 1. The van der Waals surface area contributed by atoms with Crippen molar-refractivity contribution in [2.45, 2.75) is 29.1 Å². The van der Waals surface area contributed by atoms with Gasteiger partial charge in [-0.15, -0.1) is 23.1 Å². The monoisotopic (exact) mass is 541 g/mol. The molecule has 1 amide bonds. The lowest BCUT2D eigenvalue weighted by Gasteiger charge is -2.54. The summed E-state index contributed by atoms with van der Waals surface area (Å²) in [5.74, 6) is 0.538. The van der Waals surface area contributed by atoms with Gasteiger partial charge in [0.05, 0.1) is 18.9 Å². The van der Waals surface area contributed by atoms with Crippen LogP contribution in [0, 0.1) is 0 Å². The van der Waals surface area contributed by atoms with Crippen LogP contribution in [0.4, 0.5) is 4.79 Å². The molecule has 1 unspecified atom stereocenters. The Labute approximate surface area is 219 Å². The Balaban J connectivity index is 1.51. The van der Waals surface area contributed by atoms with Crippen molar-refractivity contribution in [2.75, 3.05) is 31.4 Å². The maximum atomic E-state index is 13.3. The third kappa shape index (κ3) is 4.29. The zero-order valence-corrected chi connectivity index (χ0v) is 21.2. The number of carbonyl (C=O) groups is 2. The van der Waals surface area contributed by atoms with E-state index < -0.39 is 18.5 Å². The molecule has 5 heterocycles. The molecule has 3 aliphatic heterocycles. The molecule has 3 aromatic rings. The van der Waals surface area contributed by atoms with E-state index in [9.17, 15) is 14.4 Å². The van der Waals surface area contributed by atoms with Gasteiger partial charge in [0, 0.05) is 33.9 Å². The number of hydrogen-bond acceptors (Lipinski definition) is 9. The van der Waals surface area contributed by atoms with Crippen LogP contribution in [0.25, 0.3) is 0 Å². The average molecular weight is 542 g/mol. The van der Waals surface area contributed by atoms with Gasteiger partial charge in [0.1, 0.15) is 25.4 Å². The van der Waals surface area contributed by atoms with Crippen molar-refractivity contribution in [1.82, 2.24) is 9.58 Å². The summed E-state index contributed by atoms with van der Waals surface area (Å²) in [6, 6.07) is 13.1. The van der Waals surface area contributed by atoms with Crippen LogP contribution in [0.3, 0.4) is 0 Å². The van der Waals surface area contributed by atoms with Crippen LogP contribution in [0.1, 0.15) is 34.0 Å². The molecule has 0 saturated carbocycles. The van der Waals surface area contributed by atoms with Crippen molar-refractivity contribution in [1.29, 1.82) is 0 Å². The molecule has 37 heavy (non-hydrogen) atoms. The van der Waals surface area contributed by atoms with E-state index in [2.05, 4.69) is 33.3 Å². The van der Waals surface area contributed by atoms with Crippen molar-refractivity contribution in [3.05, 3.63) is 86.0 Å². The van der Waals surface area contributed by atoms with Crippen molar-refractivity contribution in [2.24, 2.45) is 0 Å². The van der Waals surface area contributed by atoms with Gasteiger partial charge in [0.25, 0.3) is 5.91 Å². The largest absolute Gasteiger partial charge is 0.505 e. The Hall–Kier alpha value is -3.32. The molecule has 0 spiro atoms. The molecule has 2 aromatic heterocycles. The number of aromatic nitrogens is 1. The van der Waals surface area contributed by atoms with Crippen LogP contribution >= 0.6 is 23.1 Å².